The van der Waals surface area contributed by atoms with Crippen molar-refractivity contribution in [3.63, 3.8) is 0 Å². The maximum atomic E-state index is 11.6. The third kappa shape index (κ3) is 2.44. The lowest BCUT2D eigenvalue weighted by atomic mass is 9.85. The molecule has 4 nitrogen and oxygen atoms in total. The Morgan fingerprint density at radius 3 is 2.95 bits per heavy atom. The van der Waals surface area contributed by atoms with Gasteiger partial charge in [-0.1, -0.05) is 19.1 Å². The van der Waals surface area contributed by atoms with Gasteiger partial charge in [-0.05, 0) is 31.3 Å². The Labute approximate surface area is 125 Å². The van der Waals surface area contributed by atoms with Crippen molar-refractivity contribution < 1.29 is 14.3 Å². The van der Waals surface area contributed by atoms with Gasteiger partial charge in [-0.2, -0.15) is 0 Å². The predicted octanol–water partition coefficient (Wildman–Crippen LogP) is 2.52. The van der Waals surface area contributed by atoms with Crippen molar-refractivity contribution in [1.82, 2.24) is 4.90 Å². The number of hydrogen-bond acceptors (Lipinski definition) is 4. The standard InChI is InChI=1S/C17H21NO3/c1-4-18(2)10-11-5-8-14(20-3)17-16(11)13-7-6-12(19)9-15(13)21-17/h5-8,13,15H,4,9-10H2,1-3H3/t13?,15-/m0/s1. The Bertz CT molecular complexity index is 594. The number of ketones is 1. The largest absolute Gasteiger partial charge is 0.493 e. The number of benzene rings is 1. The van der Waals surface area contributed by atoms with Gasteiger partial charge in [0.2, 0.25) is 0 Å². The Balaban J connectivity index is 2.04. The van der Waals surface area contributed by atoms with E-state index >= 15 is 0 Å². The topological polar surface area (TPSA) is 38.8 Å². The molecule has 3 rings (SSSR count). The van der Waals surface area contributed by atoms with Gasteiger partial charge in [0.25, 0.3) is 0 Å². The Kier molecular flexibility index (Phi) is 3.72. The molecule has 1 aromatic carbocycles. The maximum Gasteiger partial charge on any atom is 0.165 e. The second-order valence-corrected chi connectivity index (χ2v) is 5.71. The molecule has 2 atom stereocenters. The van der Waals surface area contributed by atoms with Crippen molar-refractivity contribution in [2.24, 2.45) is 0 Å². The van der Waals surface area contributed by atoms with Crippen LogP contribution < -0.4 is 9.47 Å². The predicted molar refractivity (Wildman–Crippen MR) is 80.9 cm³/mol. The molecular weight excluding hydrogens is 266 g/mol. The molecule has 1 aliphatic carbocycles. The summed E-state index contributed by atoms with van der Waals surface area (Å²) in [6.45, 7) is 4.00. The molecule has 0 amide bonds. The zero-order chi connectivity index (χ0) is 15.0. The SMILES string of the molecule is CCN(C)Cc1ccc(OC)c2c1C1C=CC(=O)C[C@@H]1O2. The summed E-state index contributed by atoms with van der Waals surface area (Å²) in [6.07, 6.45) is 4.03. The molecule has 0 saturated heterocycles. The fraction of sp³-hybridized carbons (Fsp3) is 0.471. The summed E-state index contributed by atoms with van der Waals surface area (Å²) in [5.74, 6) is 1.86. The van der Waals surface area contributed by atoms with E-state index in [2.05, 4.69) is 24.9 Å². The van der Waals surface area contributed by atoms with Crippen molar-refractivity contribution in [3.8, 4) is 11.5 Å². The van der Waals surface area contributed by atoms with E-state index in [4.69, 9.17) is 9.47 Å². The smallest absolute Gasteiger partial charge is 0.165 e. The Morgan fingerprint density at radius 2 is 2.24 bits per heavy atom. The van der Waals surface area contributed by atoms with Crippen LogP contribution in [0.5, 0.6) is 11.5 Å². The number of rotatable bonds is 4. The molecule has 1 aromatic rings. The van der Waals surface area contributed by atoms with E-state index in [1.807, 2.05) is 12.1 Å². The van der Waals surface area contributed by atoms with E-state index < -0.39 is 0 Å². The van der Waals surface area contributed by atoms with Gasteiger partial charge in [0.15, 0.2) is 17.3 Å². The van der Waals surface area contributed by atoms with Crippen molar-refractivity contribution >= 4 is 5.78 Å². The minimum absolute atomic E-state index is 0.0838. The first-order valence-electron chi connectivity index (χ1n) is 7.40. The van der Waals surface area contributed by atoms with E-state index in [9.17, 15) is 4.79 Å². The van der Waals surface area contributed by atoms with Gasteiger partial charge in [0, 0.05) is 24.4 Å². The van der Waals surface area contributed by atoms with Crippen LogP contribution in [0, 0.1) is 0 Å². The number of ether oxygens (including phenoxy) is 2. The summed E-state index contributed by atoms with van der Waals surface area (Å²) >= 11 is 0. The first kappa shape index (κ1) is 14.1. The first-order chi connectivity index (χ1) is 10.1. The third-order valence-corrected chi connectivity index (χ3v) is 4.35. The minimum Gasteiger partial charge on any atom is -0.493 e. The Hall–Kier alpha value is -1.81. The lowest BCUT2D eigenvalue weighted by Gasteiger charge is -2.21. The summed E-state index contributed by atoms with van der Waals surface area (Å²) < 4.78 is 11.5. The van der Waals surface area contributed by atoms with Crippen LogP contribution in [0.3, 0.4) is 0 Å². The van der Waals surface area contributed by atoms with Crippen LogP contribution in [-0.4, -0.2) is 37.5 Å². The molecule has 0 radical (unpaired) electrons. The van der Waals surface area contributed by atoms with Gasteiger partial charge in [-0.25, -0.2) is 0 Å². The molecule has 0 saturated carbocycles. The summed E-state index contributed by atoms with van der Waals surface area (Å²) in [4.78, 5) is 13.9. The molecule has 0 bridgehead atoms. The van der Waals surface area contributed by atoms with Crippen LogP contribution in [-0.2, 0) is 11.3 Å². The second-order valence-electron chi connectivity index (χ2n) is 5.71. The molecule has 112 valence electrons. The van der Waals surface area contributed by atoms with Gasteiger partial charge in [0.05, 0.1) is 7.11 Å². The van der Waals surface area contributed by atoms with Crippen LogP contribution >= 0.6 is 0 Å². The van der Waals surface area contributed by atoms with E-state index in [1.165, 1.54) is 11.1 Å². The van der Waals surface area contributed by atoms with Gasteiger partial charge >= 0.3 is 0 Å². The van der Waals surface area contributed by atoms with E-state index in [0.717, 1.165) is 24.6 Å². The number of carbonyl (C=O) groups excluding carboxylic acids is 1. The molecule has 4 heteroatoms. The quantitative estimate of drug-likeness (QED) is 0.853. The zero-order valence-electron chi connectivity index (χ0n) is 12.8. The fourth-order valence-corrected chi connectivity index (χ4v) is 3.09. The molecule has 0 aromatic heterocycles. The van der Waals surface area contributed by atoms with Crippen molar-refractivity contribution in [2.75, 3.05) is 20.7 Å². The number of methoxy groups -OCH3 is 1. The highest BCUT2D eigenvalue weighted by atomic mass is 16.5. The third-order valence-electron chi connectivity index (χ3n) is 4.35. The highest BCUT2D eigenvalue weighted by Gasteiger charge is 2.39. The van der Waals surface area contributed by atoms with Crippen LogP contribution in [0.2, 0.25) is 0 Å². The summed E-state index contributed by atoms with van der Waals surface area (Å²) in [5, 5.41) is 0. The number of hydrogen-bond donors (Lipinski definition) is 0. The molecule has 2 aliphatic rings. The van der Waals surface area contributed by atoms with E-state index in [-0.39, 0.29) is 17.8 Å². The number of fused-ring (bicyclic) bond motifs is 3. The average molecular weight is 287 g/mol. The molecule has 21 heavy (non-hydrogen) atoms. The average Bonchev–Trinajstić information content (AvgIpc) is 2.86. The number of allylic oxidation sites excluding steroid dienone is 1. The fourth-order valence-electron chi connectivity index (χ4n) is 3.09. The molecule has 1 unspecified atom stereocenters. The van der Waals surface area contributed by atoms with Crippen molar-refractivity contribution in [2.45, 2.75) is 31.9 Å². The van der Waals surface area contributed by atoms with Gasteiger partial charge in [-0.15, -0.1) is 0 Å². The second kappa shape index (κ2) is 5.53. The minimum atomic E-state index is -0.0838. The number of nitrogens with zero attached hydrogens (tertiary/aromatic N) is 1. The van der Waals surface area contributed by atoms with Crippen LogP contribution in [0.25, 0.3) is 0 Å². The summed E-state index contributed by atoms with van der Waals surface area (Å²) in [5.41, 5.74) is 2.44. The lowest BCUT2D eigenvalue weighted by molar-refractivity contribution is -0.116. The first-order valence-corrected chi connectivity index (χ1v) is 7.40. The van der Waals surface area contributed by atoms with Gasteiger partial charge in [0.1, 0.15) is 6.10 Å². The summed E-state index contributed by atoms with van der Waals surface area (Å²) in [6, 6.07) is 4.07. The van der Waals surface area contributed by atoms with Crippen LogP contribution in [0.15, 0.2) is 24.3 Å². The summed E-state index contributed by atoms with van der Waals surface area (Å²) in [7, 11) is 3.75. The molecule has 0 fully saturated rings. The molecule has 1 aliphatic heterocycles. The molecule has 1 heterocycles. The molecule has 0 spiro atoms. The van der Waals surface area contributed by atoms with Crippen molar-refractivity contribution in [3.05, 3.63) is 35.4 Å². The monoisotopic (exact) mass is 287 g/mol. The van der Waals surface area contributed by atoms with Gasteiger partial charge < -0.3 is 14.4 Å². The molecule has 0 N–H and O–H groups in total. The van der Waals surface area contributed by atoms with Crippen LogP contribution in [0.4, 0.5) is 0 Å². The van der Waals surface area contributed by atoms with E-state index in [0.29, 0.717) is 6.42 Å². The zero-order valence-corrected chi connectivity index (χ0v) is 12.8. The lowest BCUT2D eigenvalue weighted by Crippen LogP contribution is -2.25. The van der Waals surface area contributed by atoms with Crippen LogP contribution in [0.1, 0.15) is 30.4 Å². The Morgan fingerprint density at radius 1 is 1.43 bits per heavy atom. The number of carbonyl (C=O) groups is 1. The maximum absolute atomic E-state index is 11.6. The highest BCUT2D eigenvalue weighted by molar-refractivity contribution is 5.91. The molecular formula is C17H21NO3. The van der Waals surface area contributed by atoms with Gasteiger partial charge in [-0.3, -0.25) is 4.79 Å². The van der Waals surface area contributed by atoms with E-state index in [1.54, 1.807) is 13.2 Å². The normalized spacial score (nSPS) is 23.0. The highest BCUT2D eigenvalue weighted by Crippen LogP contribution is 2.49. The van der Waals surface area contributed by atoms with Crippen molar-refractivity contribution in [1.29, 1.82) is 0 Å².